The average molecular weight is 180 g/mol. The monoisotopic (exact) mass is 180 g/mol. The lowest BCUT2D eigenvalue weighted by Gasteiger charge is -2.17. The van der Waals surface area contributed by atoms with E-state index in [9.17, 15) is 4.79 Å². The summed E-state index contributed by atoms with van der Waals surface area (Å²) in [7, 11) is 1.78. The zero-order chi connectivity index (χ0) is 9.84. The molecule has 0 aromatic heterocycles. The molecule has 0 radical (unpaired) electrons. The summed E-state index contributed by atoms with van der Waals surface area (Å²) in [5, 5.41) is 8.57. The third-order valence-electron chi connectivity index (χ3n) is 2.35. The summed E-state index contributed by atoms with van der Waals surface area (Å²) < 4.78 is 0. The third-order valence-corrected chi connectivity index (χ3v) is 2.35. The van der Waals surface area contributed by atoms with Crippen LogP contribution in [0, 0.1) is 23.2 Å². The van der Waals surface area contributed by atoms with E-state index in [1.54, 1.807) is 11.9 Å². The number of carbonyl (C=O) groups excluding carboxylic acids is 1. The Bertz CT molecular complexity index is 228. The Hall–Kier alpha value is -1.04. The smallest absolute Gasteiger partial charge is 0.222 e. The lowest BCUT2D eigenvalue weighted by atomic mass is 10.2. The Morgan fingerprint density at radius 3 is 2.77 bits per heavy atom. The van der Waals surface area contributed by atoms with E-state index in [-0.39, 0.29) is 11.8 Å². The summed E-state index contributed by atoms with van der Waals surface area (Å²) in [4.78, 5) is 13.1. The Morgan fingerprint density at radius 2 is 2.31 bits per heavy atom. The van der Waals surface area contributed by atoms with E-state index in [4.69, 9.17) is 5.26 Å². The molecule has 1 saturated carbocycles. The first-order chi connectivity index (χ1) is 6.13. The van der Waals surface area contributed by atoms with E-state index in [0.717, 1.165) is 0 Å². The molecule has 72 valence electrons. The quantitative estimate of drug-likeness (QED) is 0.656. The summed E-state index contributed by atoms with van der Waals surface area (Å²) in [6.45, 7) is 2.39. The summed E-state index contributed by atoms with van der Waals surface area (Å²) in [5.41, 5.74) is 0. The molecule has 0 heterocycles. The van der Waals surface area contributed by atoms with Crippen molar-refractivity contribution in [1.82, 2.24) is 4.90 Å². The minimum absolute atomic E-state index is 0.0619. The minimum atomic E-state index is -0.0619. The van der Waals surface area contributed by atoms with Crippen LogP contribution < -0.4 is 0 Å². The molecule has 0 bridgehead atoms. The van der Waals surface area contributed by atoms with Crippen molar-refractivity contribution < 1.29 is 4.79 Å². The summed E-state index contributed by atoms with van der Waals surface area (Å²) in [6.07, 6.45) is 3.08. The van der Waals surface area contributed by atoms with Gasteiger partial charge in [-0.1, -0.05) is 0 Å². The van der Waals surface area contributed by atoms with Crippen LogP contribution in [0.25, 0.3) is 0 Å². The Morgan fingerprint density at radius 1 is 1.69 bits per heavy atom. The number of hydrogen-bond acceptors (Lipinski definition) is 2. The van der Waals surface area contributed by atoms with E-state index < -0.39 is 0 Å². The number of nitriles is 1. The van der Waals surface area contributed by atoms with Gasteiger partial charge in [0, 0.05) is 20.0 Å². The molecule has 1 amide bonds. The zero-order valence-electron chi connectivity index (χ0n) is 8.29. The number of rotatable bonds is 4. The number of nitrogens with zero attached hydrogens (tertiary/aromatic N) is 2. The second-order valence-corrected chi connectivity index (χ2v) is 3.95. The van der Waals surface area contributed by atoms with Gasteiger partial charge in [0.25, 0.3) is 0 Å². The molecule has 1 rings (SSSR count). The van der Waals surface area contributed by atoms with E-state index in [1.807, 2.05) is 6.92 Å². The molecule has 0 spiro atoms. The largest absolute Gasteiger partial charge is 0.344 e. The van der Waals surface area contributed by atoms with Gasteiger partial charge in [-0.05, 0) is 25.7 Å². The second-order valence-electron chi connectivity index (χ2n) is 3.95. The van der Waals surface area contributed by atoms with E-state index in [2.05, 4.69) is 6.07 Å². The molecule has 0 aromatic rings. The Balaban J connectivity index is 2.24. The molecule has 13 heavy (non-hydrogen) atoms. The van der Waals surface area contributed by atoms with Crippen molar-refractivity contribution in [1.29, 1.82) is 5.26 Å². The fourth-order valence-electron chi connectivity index (χ4n) is 1.28. The Kier molecular flexibility index (Phi) is 3.30. The van der Waals surface area contributed by atoms with Gasteiger partial charge in [-0.3, -0.25) is 4.79 Å². The van der Waals surface area contributed by atoms with Crippen molar-refractivity contribution >= 4 is 5.91 Å². The molecule has 1 fully saturated rings. The summed E-state index contributed by atoms with van der Waals surface area (Å²) in [5.74, 6) is 0.755. The van der Waals surface area contributed by atoms with Crippen LogP contribution in [0.5, 0.6) is 0 Å². The fraction of sp³-hybridized carbons (Fsp3) is 0.800. The highest BCUT2D eigenvalue weighted by atomic mass is 16.2. The maximum absolute atomic E-state index is 11.5. The number of hydrogen-bond donors (Lipinski definition) is 0. The number of carbonyl (C=O) groups is 1. The predicted molar refractivity (Wildman–Crippen MR) is 49.8 cm³/mol. The van der Waals surface area contributed by atoms with Crippen molar-refractivity contribution in [3.63, 3.8) is 0 Å². The SMILES string of the molecule is CC(C#N)CN(C)C(=O)CC1CC1. The molecule has 0 aliphatic heterocycles. The third kappa shape index (κ3) is 3.45. The zero-order valence-corrected chi connectivity index (χ0v) is 8.29. The first kappa shape index (κ1) is 10.0. The standard InChI is InChI=1S/C10H16N2O/c1-8(6-11)7-12(2)10(13)5-9-3-4-9/h8-9H,3-5,7H2,1-2H3. The van der Waals surface area contributed by atoms with Gasteiger partial charge in [0.1, 0.15) is 0 Å². The van der Waals surface area contributed by atoms with Crippen LogP contribution in [0.1, 0.15) is 26.2 Å². The molecule has 1 aliphatic rings. The van der Waals surface area contributed by atoms with Gasteiger partial charge in [-0.25, -0.2) is 0 Å². The molecular formula is C10H16N2O. The molecule has 0 N–H and O–H groups in total. The van der Waals surface area contributed by atoms with Gasteiger partial charge in [0.15, 0.2) is 0 Å². The van der Waals surface area contributed by atoms with Gasteiger partial charge in [0.2, 0.25) is 5.91 Å². The molecule has 1 unspecified atom stereocenters. The average Bonchev–Trinajstić information content (AvgIpc) is 2.87. The van der Waals surface area contributed by atoms with Crippen LogP contribution in [0.15, 0.2) is 0 Å². The molecule has 1 aliphatic carbocycles. The van der Waals surface area contributed by atoms with Crippen LogP contribution in [0.4, 0.5) is 0 Å². The van der Waals surface area contributed by atoms with E-state index in [0.29, 0.717) is 18.9 Å². The fourth-order valence-corrected chi connectivity index (χ4v) is 1.28. The summed E-state index contributed by atoms with van der Waals surface area (Å²) >= 11 is 0. The lowest BCUT2D eigenvalue weighted by Crippen LogP contribution is -2.30. The van der Waals surface area contributed by atoms with Gasteiger partial charge in [0.05, 0.1) is 12.0 Å². The van der Waals surface area contributed by atoms with Crippen LogP contribution >= 0.6 is 0 Å². The van der Waals surface area contributed by atoms with Gasteiger partial charge in [-0.2, -0.15) is 5.26 Å². The van der Waals surface area contributed by atoms with Crippen LogP contribution in [-0.2, 0) is 4.79 Å². The highest BCUT2D eigenvalue weighted by molar-refractivity contribution is 5.76. The van der Waals surface area contributed by atoms with Crippen molar-refractivity contribution in [3.8, 4) is 6.07 Å². The van der Waals surface area contributed by atoms with E-state index in [1.165, 1.54) is 12.8 Å². The van der Waals surface area contributed by atoms with Crippen molar-refractivity contribution in [3.05, 3.63) is 0 Å². The van der Waals surface area contributed by atoms with Crippen molar-refractivity contribution in [2.24, 2.45) is 11.8 Å². The normalized spacial score (nSPS) is 17.6. The highest BCUT2D eigenvalue weighted by Crippen LogP contribution is 2.32. The molecule has 0 saturated heterocycles. The molecule has 1 atom stereocenters. The topological polar surface area (TPSA) is 44.1 Å². The Labute approximate surface area is 79.3 Å². The van der Waals surface area contributed by atoms with Crippen LogP contribution in [0.2, 0.25) is 0 Å². The maximum atomic E-state index is 11.5. The molecule has 3 heteroatoms. The first-order valence-corrected chi connectivity index (χ1v) is 4.77. The van der Waals surface area contributed by atoms with Gasteiger partial charge < -0.3 is 4.90 Å². The lowest BCUT2D eigenvalue weighted by molar-refractivity contribution is -0.130. The van der Waals surface area contributed by atoms with Gasteiger partial charge in [-0.15, -0.1) is 0 Å². The van der Waals surface area contributed by atoms with Crippen LogP contribution in [-0.4, -0.2) is 24.4 Å². The second kappa shape index (κ2) is 4.27. The summed E-state index contributed by atoms with van der Waals surface area (Å²) in [6, 6.07) is 2.13. The minimum Gasteiger partial charge on any atom is -0.344 e. The van der Waals surface area contributed by atoms with E-state index >= 15 is 0 Å². The molecular weight excluding hydrogens is 164 g/mol. The maximum Gasteiger partial charge on any atom is 0.222 e. The predicted octanol–water partition coefficient (Wildman–Crippen LogP) is 1.40. The van der Waals surface area contributed by atoms with Crippen LogP contribution in [0.3, 0.4) is 0 Å². The first-order valence-electron chi connectivity index (χ1n) is 4.77. The highest BCUT2D eigenvalue weighted by Gasteiger charge is 2.26. The molecule has 3 nitrogen and oxygen atoms in total. The molecule has 0 aromatic carbocycles. The van der Waals surface area contributed by atoms with Gasteiger partial charge >= 0.3 is 0 Å². The number of amides is 1. The van der Waals surface area contributed by atoms with Crippen molar-refractivity contribution in [2.75, 3.05) is 13.6 Å². The van der Waals surface area contributed by atoms with Crippen molar-refractivity contribution in [2.45, 2.75) is 26.2 Å².